The zero-order chi connectivity index (χ0) is 20.1. The summed E-state index contributed by atoms with van der Waals surface area (Å²) in [6, 6.07) is 13.3. The van der Waals surface area contributed by atoms with Gasteiger partial charge in [-0.3, -0.25) is 4.79 Å². The van der Waals surface area contributed by atoms with E-state index < -0.39 is 0 Å². The lowest BCUT2D eigenvalue weighted by Gasteiger charge is -2.11. The van der Waals surface area contributed by atoms with Crippen LogP contribution in [0, 0.1) is 13.8 Å². The first kappa shape index (κ1) is 20.0. The summed E-state index contributed by atoms with van der Waals surface area (Å²) in [4.78, 5) is 17.1. The minimum absolute atomic E-state index is 0.128. The van der Waals surface area contributed by atoms with E-state index in [0.717, 1.165) is 28.8 Å². The fourth-order valence-electron chi connectivity index (χ4n) is 2.82. The molecule has 0 bridgehead atoms. The van der Waals surface area contributed by atoms with E-state index in [9.17, 15) is 4.79 Å². The van der Waals surface area contributed by atoms with Crippen LogP contribution in [0.4, 0.5) is 0 Å². The average Bonchev–Trinajstić information content (AvgIpc) is 3.13. The lowest BCUT2D eigenvalue weighted by atomic mass is 10.1. The summed E-state index contributed by atoms with van der Waals surface area (Å²) in [6.07, 6.45) is 0.726. The van der Waals surface area contributed by atoms with Crippen LogP contribution in [0.3, 0.4) is 0 Å². The van der Waals surface area contributed by atoms with Crippen LogP contribution < -0.4 is 5.32 Å². The molecule has 0 spiro atoms. The molecule has 1 N–H and O–H groups in total. The van der Waals surface area contributed by atoms with Crippen molar-refractivity contribution in [1.82, 2.24) is 20.1 Å². The number of aromatic nitrogens is 3. The lowest BCUT2D eigenvalue weighted by Crippen LogP contribution is -2.26. The van der Waals surface area contributed by atoms with Gasteiger partial charge in [-0.2, -0.15) is 0 Å². The Bertz CT molecular complexity index is 967. The molecule has 7 heteroatoms. The molecule has 28 heavy (non-hydrogen) atoms. The molecule has 0 radical (unpaired) electrons. The van der Waals surface area contributed by atoms with Crippen LogP contribution in [0.5, 0.6) is 0 Å². The van der Waals surface area contributed by atoms with Crippen molar-refractivity contribution in [2.75, 3.05) is 20.3 Å². The van der Waals surface area contributed by atoms with E-state index in [4.69, 9.17) is 16.3 Å². The topological polar surface area (TPSA) is 69.0 Å². The number of rotatable bonds is 7. The Morgan fingerprint density at radius 1 is 1.18 bits per heavy atom. The number of methoxy groups -OCH3 is 1. The highest BCUT2D eigenvalue weighted by atomic mass is 35.5. The zero-order valence-electron chi connectivity index (χ0n) is 16.2. The number of amides is 1. The van der Waals surface area contributed by atoms with Crippen molar-refractivity contribution in [1.29, 1.82) is 0 Å². The molecule has 146 valence electrons. The molecular formula is C21H23ClN4O2. The third kappa shape index (κ3) is 4.40. The van der Waals surface area contributed by atoms with Crippen molar-refractivity contribution in [3.63, 3.8) is 0 Å². The molecule has 0 saturated carbocycles. The second-order valence-corrected chi connectivity index (χ2v) is 6.94. The van der Waals surface area contributed by atoms with Gasteiger partial charge >= 0.3 is 0 Å². The number of nitrogens with one attached hydrogen (secondary N) is 1. The van der Waals surface area contributed by atoms with Crippen LogP contribution in [0.1, 0.15) is 28.2 Å². The Morgan fingerprint density at radius 3 is 2.64 bits per heavy atom. The molecule has 0 atom stereocenters. The summed E-state index contributed by atoms with van der Waals surface area (Å²) in [7, 11) is 1.63. The van der Waals surface area contributed by atoms with Gasteiger partial charge in [-0.25, -0.2) is 9.67 Å². The fraction of sp³-hybridized carbons (Fsp3) is 0.286. The number of ether oxygens (including phenoxy) is 1. The summed E-state index contributed by atoms with van der Waals surface area (Å²) in [5, 5.41) is 7.98. The maximum absolute atomic E-state index is 12.5. The predicted molar refractivity (Wildman–Crippen MR) is 110 cm³/mol. The first-order valence-electron chi connectivity index (χ1n) is 9.08. The molecule has 2 aromatic carbocycles. The van der Waals surface area contributed by atoms with Crippen LogP contribution in [0.25, 0.3) is 17.1 Å². The number of halogens is 1. The molecule has 0 aliphatic heterocycles. The third-order valence-corrected chi connectivity index (χ3v) is 4.78. The highest BCUT2D eigenvalue weighted by Crippen LogP contribution is 2.25. The Morgan fingerprint density at radius 2 is 1.93 bits per heavy atom. The average molecular weight is 399 g/mol. The van der Waals surface area contributed by atoms with E-state index >= 15 is 0 Å². The smallest absolute Gasteiger partial charge is 0.290 e. The van der Waals surface area contributed by atoms with Gasteiger partial charge in [0.05, 0.1) is 5.69 Å². The maximum atomic E-state index is 12.5. The van der Waals surface area contributed by atoms with Gasteiger partial charge in [0.1, 0.15) is 0 Å². The summed E-state index contributed by atoms with van der Waals surface area (Å²) < 4.78 is 6.72. The molecule has 0 fully saturated rings. The molecule has 3 rings (SSSR count). The third-order valence-electron chi connectivity index (χ3n) is 4.53. The number of nitrogens with zero attached hydrogens (tertiary/aromatic N) is 3. The van der Waals surface area contributed by atoms with Gasteiger partial charge < -0.3 is 10.1 Å². The van der Waals surface area contributed by atoms with Crippen LogP contribution in [-0.2, 0) is 4.74 Å². The largest absolute Gasteiger partial charge is 0.385 e. The number of hydrogen-bond donors (Lipinski definition) is 1. The first-order valence-corrected chi connectivity index (χ1v) is 9.45. The SMILES string of the molecule is COCCCNC(=O)c1nc(-c2ccc(Cl)cc2)n(-c2cccc(C)c2C)n1. The monoisotopic (exact) mass is 398 g/mol. The van der Waals surface area contributed by atoms with E-state index in [2.05, 4.69) is 15.4 Å². The van der Waals surface area contributed by atoms with Gasteiger partial charge in [0.25, 0.3) is 5.91 Å². The van der Waals surface area contributed by atoms with Crippen molar-refractivity contribution in [3.05, 3.63) is 64.4 Å². The molecule has 3 aromatic rings. The van der Waals surface area contributed by atoms with Gasteiger partial charge in [-0.1, -0.05) is 23.7 Å². The van der Waals surface area contributed by atoms with Gasteiger partial charge in [0, 0.05) is 30.8 Å². The second kappa shape index (κ2) is 8.99. The second-order valence-electron chi connectivity index (χ2n) is 6.50. The summed E-state index contributed by atoms with van der Waals surface area (Å²) in [5.41, 5.74) is 3.93. The van der Waals surface area contributed by atoms with E-state index in [1.54, 1.807) is 23.9 Å². The lowest BCUT2D eigenvalue weighted by molar-refractivity contribution is 0.0938. The highest BCUT2D eigenvalue weighted by molar-refractivity contribution is 6.30. The molecule has 6 nitrogen and oxygen atoms in total. The number of hydrogen-bond acceptors (Lipinski definition) is 4. The summed E-state index contributed by atoms with van der Waals surface area (Å²) >= 11 is 6.02. The van der Waals surface area contributed by atoms with Crippen molar-refractivity contribution >= 4 is 17.5 Å². The van der Waals surface area contributed by atoms with Gasteiger partial charge in [0.15, 0.2) is 5.82 Å². The van der Waals surface area contributed by atoms with Gasteiger partial charge in [-0.15, -0.1) is 5.10 Å². The van der Waals surface area contributed by atoms with Crippen molar-refractivity contribution in [2.45, 2.75) is 20.3 Å². The molecule has 1 heterocycles. The molecule has 1 aromatic heterocycles. The molecule has 0 unspecified atom stereocenters. The van der Waals surface area contributed by atoms with Crippen molar-refractivity contribution < 1.29 is 9.53 Å². The molecule has 0 aliphatic rings. The number of carbonyl (C=O) groups is 1. The van der Waals surface area contributed by atoms with Crippen LogP contribution in [-0.4, -0.2) is 40.9 Å². The van der Waals surface area contributed by atoms with E-state index in [-0.39, 0.29) is 11.7 Å². The van der Waals surface area contributed by atoms with Crippen molar-refractivity contribution in [2.24, 2.45) is 0 Å². The molecular weight excluding hydrogens is 376 g/mol. The van der Waals surface area contributed by atoms with Crippen molar-refractivity contribution in [3.8, 4) is 17.1 Å². The molecule has 0 saturated heterocycles. The number of carbonyl (C=O) groups excluding carboxylic acids is 1. The normalized spacial score (nSPS) is 10.9. The quantitative estimate of drug-likeness (QED) is 0.611. The van der Waals surface area contributed by atoms with E-state index in [0.29, 0.717) is 24.0 Å². The maximum Gasteiger partial charge on any atom is 0.290 e. The molecule has 1 amide bonds. The van der Waals surface area contributed by atoms with Crippen LogP contribution in [0.2, 0.25) is 5.02 Å². The van der Waals surface area contributed by atoms with E-state index in [1.165, 1.54) is 0 Å². The zero-order valence-corrected chi connectivity index (χ0v) is 17.0. The Kier molecular flexibility index (Phi) is 6.44. The standard InChI is InChI=1S/C21H23ClN4O2/c1-14-6-4-7-18(15(14)2)26-20(16-8-10-17(22)11-9-16)24-19(25-26)21(27)23-12-5-13-28-3/h4,6-11H,5,12-13H2,1-3H3,(H,23,27). The summed E-state index contributed by atoms with van der Waals surface area (Å²) in [6.45, 7) is 5.16. The van der Waals surface area contributed by atoms with Gasteiger partial charge in [0.2, 0.25) is 5.82 Å². The highest BCUT2D eigenvalue weighted by Gasteiger charge is 2.19. The van der Waals surface area contributed by atoms with Crippen LogP contribution >= 0.6 is 11.6 Å². The Balaban J connectivity index is 2.01. The Hall–Kier alpha value is -2.70. The molecule has 0 aliphatic carbocycles. The fourth-order valence-corrected chi connectivity index (χ4v) is 2.95. The van der Waals surface area contributed by atoms with Crippen LogP contribution in [0.15, 0.2) is 42.5 Å². The number of benzene rings is 2. The predicted octanol–water partition coefficient (Wildman–Crippen LogP) is 3.97. The first-order chi connectivity index (χ1) is 13.5. The number of aryl methyl sites for hydroxylation is 1. The Labute approximate surface area is 169 Å². The van der Waals surface area contributed by atoms with Gasteiger partial charge in [-0.05, 0) is 61.7 Å². The van der Waals surface area contributed by atoms with E-state index in [1.807, 2.05) is 44.2 Å². The minimum atomic E-state index is -0.310. The minimum Gasteiger partial charge on any atom is -0.385 e. The summed E-state index contributed by atoms with van der Waals surface area (Å²) in [5.74, 6) is 0.408.